The summed E-state index contributed by atoms with van der Waals surface area (Å²) >= 11 is 0. The minimum Gasteiger partial charge on any atom is -0.366 e. The van der Waals surface area contributed by atoms with Gasteiger partial charge in [0.2, 0.25) is 5.91 Å². The second-order valence-corrected chi connectivity index (χ2v) is 5.84. The van der Waals surface area contributed by atoms with Crippen LogP contribution in [-0.2, 0) is 0 Å². The molecule has 0 saturated carbocycles. The summed E-state index contributed by atoms with van der Waals surface area (Å²) < 4.78 is 29.6. The van der Waals surface area contributed by atoms with Gasteiger partial charge in [0, 0.05) is 17.3 Å². The van der Waals surface area contributed by atoms with E-state index in [0.717, 1.165) is 16.8 Å². The Balaban J connectivity index is 0.00000150. The third-order valence-corrected chi connectivity index (χ3v) is 4.20. The van der Waals surface area contributed by atoms with E-state index in [1.165, 1.54) is 30.5 Å². The summed E-state index contributed by atoms with van der Waals surface area (Å²) in [6.07, 6.45) is 1.38. The molecule has 158 valence electrons. The van der Waals surface area contributed by atoms with Gasteiger partial charge in [-0.2, -0.15) is 5.10 Å². The van der Waals surface area contributed by atoms with Gasteiger partial charge in [0.25, 0.3) is 5.56 Å². The molecule has 4 aromatic rings. The molecule has 30 heavy (non-hydrogen) atoms. The lowest BCUT2D eigenvalue weighted by Crippen LogP contribution is -2.10. The monoisotopic (exact) mass is 415 g/mol. The summed E-state index contributed by atoms with van der Waals surface area (Å²) in [4.78, 5) is 26.2. The molecule has 0 fully saturated rings. The van der Waals surface area contributed by atoms with E-state index in [1.807, 2.05) is 0 Å². The number of pyridine rings is 1. The predicted octanol–water partition coefficient (Wildman–Crippen LogP) is 4.19. The van der Waals surface area contributed by atoms with Crippen LogP contribution in [0.1, 0.15) is 25.2 Å². The highest BCUT2D eigenvalue weighted by Crippen LogP contribution is 2.29. The molecule has 9 heteroatoms. The molecule has 2 heterocycles. The van der Waals surface area contributed by atoms with E-state index < -0.39 is 23.1 Å². The Morgan fingerprint density at radius 3 is 2.17 bits per heavy atom. The molecule has 2 aromatic heterocycles. The van der Waals surface area contributed by atoms with E-state index in [2.05, 4.69) is 10.1 Å². The van der Waals surface area contributed by atoms with Crippen LogP contribution in [0.25, 0.3) is 27.8 Å². The van der Waals surface area contributed by atoms with Crippen molar-refractivity contribution in [2.75, 3.05) is 0 Å². The molecule has 0 spiro atoms. The van der Waals surface area contributed by atoms with Crippen LogP contribution < -0.4 is 17.4 Å². The fourth-order valence-corrected chi connectivity index (χ4v) is 2.93. The van der Waals surface area contributed by atoms with Crippen LogP contribution in [0.15, 0.2) is 59.5 Å². The number of halogens is 2. The number of primary amides is 1. The quantitative estimate of drug-likeness (QED) is 0.463. The van der Waals surface area contributed by atoms with Gasteiger partial charge in [-0.1, -0.05) is 33.1 Å². The smallest absolute Gasteiger partial charge is 0.259 e. The number of nitrogens with two attached hydrogens (primary N) is 1. The fraction of sp³-hybridized carbons (Fsp3) is 0.0952. The highest BCUT2D eigenvalue weighted by molar-refractivity contribution is 5.96. The van der Waals surface area contributed by atoms with E-state index in [0.29, 0.717) is 5.56 Å². The van der Waals surface area contributed by atoms with Crippen molar-refractivity contribution in [2.24, 2.45) is 5.73 Å². The van der Waals surface area contributed by atoms with Gasteiger partial charge < -0.3 is 16.9 Å². The first-order valence-corrected chi connectivity index (χ1v) is 7.92. The van der Waals surface area contributed by atoms with E-state index in [-0.39, 0.29) is 48.9 Å². The number of hydrogen-bond acceptors (Lipinski definition) is 4. The number of nitrogens with zero attached hydrogens (tertiary/aromatic N) is 2. The van der Waals surface area contributed by atoms with Crippen molar-refractivity contribution in [3.63, 3.8) is 0 Å². The summed E-state index contributed by atoms with van der Waals surface area (Å²) in [5.41, 5.74) is 5.66. The van der Waals surface area contributed by atoms with E-state index >= 15 is 0 Å². The van der Waals surface area contributed by atoms with Crippen molar-refractivity contribution in [3.8, 4) is 16.9 Å². The second kappa shape index (κ2) is 9.10. The van der Waals surface area contributed by atoms with Crippen LogP contribution in [0.4, 0.5) is 8.78 Å². The maximum Gasteiger partial charge on any atom is 0.259 e. The number of fused-ring (bicyclic) bond motifs is 1. The molecule has 0 aliphatic rings. The summed E-state index contributed by atoms with van der Waals surface area (Å²) in [5, 5.41) is 4.46. The minimum atomic E-state index is -0.810. The van der Waals surface area contributed by atoms with Gasteiger partial charge >= 0.3 is 0 Å². The Morgan fingerprint density at radius 1 is 1.00 bits per heavy atom. The number of aromatic amines is 1. The average molecular weight is 415 g/mol. The van der Waals surface area contributed by atoms with Gasteiger partial charge in [0.05, 0.1) is 10.9 Å². The number of benzene rings is 2. The summed E-state index contributed by atoms with van der Waals surface area (Å²) in [6, 6.07) is 11.1. The zero-order chi connectivity index (χ0) is 19.1. The first-order valence-electron chi connectivity index (χ1n) is 7.92. The number of H-pyrrole nitrogens is 1. The van der Waals surface area contributed by atoms with Gasteiger partial charge in [0.15, 0.2) is 11.6 Å². The minimum absolute atomic E-state index is 0. The van der Waals surface area contributed by atoms with Gasteiger partial charge in [-0.3, -0.25) is 9.59 Å². The SMILES string of the molecule is C.C.N.NC(=O)c1ccc(-c2nn(-c3c(F)cccc3F)c3cc[nH]c(=O)c23)cc1. The number of rotatable bonds is 3. The average Bonchev–Trinajstić information content (AvgIpc) is 3.02. The molecule has 1 amide bonds. The van der Waals surface area contributed by atoms with Crippen LogP contribution in [-0.4, -0.2) is 20.7 Å². The topological polar surface area (TPSA) is 129 Å². The highest BCUT2D eigenvalue weighted by atomic mass is 19.1. The molecule has 4 rings (SSSR count). The molecule has 0 aliphatic heterocycles. The maximum atomic E-state index is 14.3. The van der Waals surface area contributed by atoms with Crippen molar-refractivity contribution >= 4 is 16.8 Å². The Hall–Kier alpha value is -3.85. The van der Waals surface area contributed by atoms with Crippen LogP contribution in [0.2, 0.25) is 0 Å². The second-order valence-electron chi connectivity index (χ2n) is 5.84. The standard InChI is InChI=1S/C19H12F2N4O2.2CH4.H3N/c20-12-2-1-3-13(21)17(12)25-14-8-9-23-19(27)15(14)16(24-25)10-4-6-11(7-5-10)18(22)26;;;/h1-9H,(H2,22,26)(H,23,27);2*1H4;1H3. The van der Waals surface area contributed by atoms with Crippen LogP contribution in [0, 0.1) is 11.6 Å². The molecular formula is C21H23F2N5O2. The third kappa shape index (κ3) is 3.83. The number of nitrogens with one attached hydrogen (secondary N) is 1. The summed E-state index contributed by atoms with van der Waals surface area (Å²) in [5.74, 6) is -2.21. The lowest BCUT2D eigenvalue weighted by Gasteiger charge is -2.06. The van der Waals surface area contributed by atoms with E-state index in [9.17, 15) is 18.4 Å². The Labute approximate surface area is 171 Å². The number of carbonyl (C=O) groups excluding carboxylic acids is 1. The first kappa shape index (κ1) is 24.2. The van der Waals surface area contributed by atoms with Crippen molar-refractivity contribution in [1.82, 2.24) is 20.9 Å². The number of hydrogen-bond donors (Lipinski definition) is 3. The molecule has 0 saturated heterocycles. The Kier molecular flexibility index (Phi) is 7.34. The van der Waals surface area contributed by atoms with Crippen LogP contribution >= 0.6 is 0 Å². The molecule has 0 aliphatic carbocycles. The number of aromatic nitrogens is 3. The number of carbonyl (C=O) groups is 1. The Morgan fingerprint density at radius 2 is 1.60 bits per heavy atom. The van der Waals surface area contributed by atoms with Crippen LogP contribution in [0.5, 0.6) is 0 Å². The maximum absolute atomic E-state index is 14.3. The fourth-order valence-electron chi connectivity index (χ4n) is 2.93. The largest absolute Gasteiger partial charge is 0.366 e. The van der Waals surface area contributed by atoms with E-state index in [4.69, 9.17) is 5.73 Å². The van der Waals surface area contributed by atoms with Gasteiger partial charge in [0.1, 0.15) is 11.4 Å². The van der Waals surface area contributed by atoms with Crippen molar-refractivity contribution in [3.05, 3.63) is 82.3 Å². The molecule has 7 nitrogen and oxygen atoms in total. The molecule has 2 aromatic carbocycles. The van der Waals surface area contributed by atoms with Crippen molar-refractivity contribution in [2.45, 2.75) is 14.9 Å². The molecule has 0 radical (unpaired) electrons. The normalized spacial score (nSPS) is 9.93. The van der Waals surface area contributed by atoms with Crippen molar-refractivity contribution < 1.29 is 13.6 Å². The Bertz CT molecular complexity index is 1230. The highest BCUT2D eigenvalue weighted by Gasteiger charge is 2.20. The zero-order valence-electron chi connectivity index (χ0n) is 14.4. The van der Waals surface area contributed by atoms with Crippen molar-refractivity contribution in [1.29, 1.82) is 0 Å². The van der Waals surface area contributed by atoms with E-state index in [1.54, 1.807) is 12.1 Å². The summed E-state index contributed by atoms with van der Waals surface area (Å²) in [6.45, 7) is 0. The van der Waals surface area contributed by atoms with Gasteiger partial charge in [-0.15, -0.1) is 0 Å². The third-order valence-electron chi connectivity index (χ3n) is 4.20. The molecular weight excluding hydrogens is 392 g/mol. The zero-order valence-corrected chi connectivity index (χ0v) is 14.4. The number of amides is 1. The lowest BCUT2D eigenvalue weighted by molar-refractivity contribution is 0.100. The van der Waals surface area contributed by atoms with Crippen LogP contribution in [0.3, 0.4) is 0 Å². The first-order chi connectivity index (χ1) is 13.0. The summed E-state index contributed by atoms with van der Waals surface area (Å²) in [7, 11) is 0. The lowest BCUT2D eigenvalue weighted by atomic mass is 10.1. The van der Waals surface area contributed by atoms with Gasteiger partial charge in [-0.25, -0.2) is 13.5 Å². The molecule has 6 N–H and O–H groups in total. The predicted molar refractivity (Wildman–Crippen MR) is 114 cm³/mol. The number of para-hydroxylation sites is 1. The molecule has 0 bridgehead atoms. The molecule has 0 atom stereocenters. The molecule has 0 unspecified atom stereocenters. The van der Waals surface area contributed by atoms with Gasteiger partial charge in [-0.05, 0) is 30.3 Å².